The van der Waals surface area contributed by atoms with E-state index in [-0.39, 0.29) is 23.7 Å². The first kappa shape index (κ1) is 20.8. The molecule has 0 bridgehead atoms. The molecule has 2 saturated heterocycles. The Bertz CT molecular complexity index is 657. The van der Waals surface area contributed by atoms with Gasteiger partial charge in [-0.15, -0.1) is 0 Å². The summed E-state index contributed by atoms with van der Waals surface area (Å²) in [5.41, 5.74) is 1.05. The van der Waals surface area contributed by atoms with Crippen molar-refractivity contribution in [3.63, 3.8) is 0 Å². The number of ether oxygens (including phenoxy) is 1. The molecular weight excluding hydrogens is 369 g/mol. The number of rotatable bonds is 6. The number of amides is 1. The molecule has 1 saturated carbocycles. The molecular formula is C23H34FN3O2. The van der Waals surface area contributed by atoms with Gasteiger partial charge in [-0.05, 0) is 43.5 Å². The molecule has 1 aromatic carbocycles. The van der Waals surface area contributed by atoms with Crippen LogP contribution in [-0.2, 0) is 9.53 Å². The van der Waals surface area contributed by atoms with Gasteiger partial charge in [0.05, 0.1) is 25.2 Å². The predicted molar refractivity (Wildman–Crippen MR) is 111 cm³/mol. The fourth-order valence-corrected chi connectivity index (χ4v) is 5.15. The Morgan fingerprint density at radius 2 is 1.79 bits per heavy atom. The summed E-state index contributed by atoms with van der Waals surface area (Å²) in [6, 6.07) is 7.42. The van der Waals surface area contributed by atoms with Crippen LogP contribution in [-0.4, -0.2) is 67.7 Å². The summed E-state index contributed by atoms with van der Waals surface area (Å²) >= 11 is 0. The molecule has 2 atom stereocenters. The highest BCUT2D eigenvalue weighted by molar-refractivity contribution is 5.79. The summed E-state index contributed by atoms with van der Waals surface area (Å²) in [7, 11) is 0. The van der Waals surface area contributed by atoms with Crippen LogP contribution in [0.5, 0.6) is 0 Å². The number of hydrogen-bond acceptors (Lipinski definition) is 4. The van der Waals surface area contributed by atoms with E-state index in [1.807, 2.05) is 12.1 Å². The maximum Gasteiger partial charge on any atom is 0.224 e. The van der Waals surface area contributed by atoms with Gasteiger partial charge in [-0.3, -0.25) is 14.6 Å². The first-order valence-corrected chi connectivity index (χ1v) is 11.3. The van der Waals surface area contributed by atoms with Crippen molar-refractivity contribution in [1.29, 1.82) is 0 Å². The van der Waals surface area contributed by atoms with Crippen LogP contribution in [0.1, 0.15) is 50.1 Å². The van der Waals surface area contributed by atoms with Gasteiger partial charge in [0.25, 0.3) is 0 Å². The van der Waals surface area contributed by atoms with Crippen LogP contribution < -0.4 is 5.32 Å². The summed E-state index contributed by atoms with van der Waals surface area (Å²) in [6.45, 7) is 5.57. The van der Waals surface area contributed by atoms with Gasteiger partial charge in [0, 0.05) is 32.2 Å². The molecule has 0 unspecified atom stereocenters. The average Bonchev–Trinajstić information content (AvgIpc) is 3.27. The number of nitrogens with zero attached hydrogens (tertiary/aromatic N) is 2. The highest BCUT2D eigenvalue weighted by atomic mass is 19.1. The Morgan fingerprint density at radius 3 is 2.52 bits per heavy atom. The first-order valence-electron chi connectivity index (χ1n) is 11.3. The van der Waals surface area contributed by atoms with Crippen LogP contribution in [0.4, 0.5) is 4.39 Å². The summed E-state index contributed by atoms with van der Waals surface area (Å²) in [5, 5.41) is 3.22. The second kappa shape index (κ2) is 10.0. The van der Waals surface area contributed by atoms with E-state index < -0.39 is 0 Å². The van der Waals surface area contributed by atoms with Gasteiger partial charge < -0.3 is 10.1 Å². The van der Waals surface area contributed by atoms with Crippen molar-refractivity contribution < 1.29 is 13.9 Å². The van der Waals surface area contributed by atoms with Crippen molar-refractivity contribution in [2.45, 2.75) is 50.6 Å². The minimum atomic E-state index is -0.229. The summed E-state index contributed by atoms with van der Waals surface area (Å²) in [5.74, 6) is 0.0337. The number of carbonyl (C=O) groups is 1. The molecule has 1 aromatic rings. The van der Waals surface area contributed by atoms with E-state index >= 15 is 0 Å². The van der Waals surface area contributed by atoms with E-state index in [4.69, 9.17) is 4.74 Å². The average molecular weight is 404 g/mol. The highest BCUT2D eigenvalue weighted by Gasteiger charge is 2.33. The number of likely N-dealkylation sites (tertiary alicyclic amines) is 1. The van der Waals surface area contributed by atoms with E-state index in [0.717, 1.165) is 38.2 Å². The van der Waals surface area contributed by atoms with Crippen molar-refractivity contribution >= 4 is 5.91 Å². The van der Waals surface area contributed by atoms with Crippen molar-refractivity contribution in [2.24, 2.45) is 5.92 Å². The Hall–Kier alpha value is -1.50. The first-order chi connectivity index (χ1) is 14.2. The second-order valence-corrected chi connectivity index (χ2v) is 8.73. The number of carbonyl (C=O) groups excluding carboxylic acids is 1. The molecule has 0 spiro atoms. The smallest absolute Gasteiger partial charge is 0.224 e. The van der Waals surface area contributed by atoms with E-state index in [1.165, 1.54) is 44.2 Å². The van der Waals surface area contributed by atoms with Crippen molar-refractivity contribution in [3.05, 3.63) is 35.6 Å². The Morgan fingerprint density at radius 1 is 1.07 bits per heavy atom. The lowest BCUT2D eigenvalue weighted by atomic mass is 9.94. The predicted octanol–water partition coefficient (Wildman–Crippen LogP) is 2.97. The van der Waals surface area contributed by atoms with Gasteiger partial charge in [-0.1, -0.05) is 31.4 Å². The number of hydrogen-bond donors (Lipinski definition) is 1. The zero-order chi connectivity index (χ0) is 20.1. The molecule has 29 heavy (non-hydrogen) atoms. The number of nitrogens with one attached hydrogen (secondary N) is 1. The summed E-state index contributed by atoms with van der Waals surface area (Å²) in [4.78, 5) is 17.8. The largest absolute Gasteiger partial charge is 0.379 e. The van der Waals surface area contributed by atoms with Crippen LogP contribution in [0, 0.1) is 11.7 Å². The Labute approximate surface area is 173 Å². The molecule has 2 heterocycles. The van der Waals surface area contributed by atoms with E-state index in [9.17, 15) is 9.18 Å². The zero-order valence-corrected chi connectivity index (χ0v) is 17.3. The summed E-state index contributed by atoms with van der Waals surface area (Å²) < 4.78 is 18.9. The standard InChI is InChI=1S/C23H34FN3O2/c24-20-8-6-18(7-9-20)22(26-12-14-29-15-13-26)16-25-23(28)19-10-11-27(17-19)21-4-2-1-3-5-21/h6-9,19,21-22H,1-5,10-17H2,(H,25,28)/t19-,22-/m1/s1. The maximum absolute atomic E-state index is 13.4. The van der Waals surface area contributed by atoms with Crippen LogP contribution in [0.3, 0.4) is 0 Å². The van der Waals surface area contributed by atoms with Gasteiger partial charge in [-0.25, -0.2) is 4.39 Å². The van der Waals surface area contributed by atoms with E-state index in [1.54, 1.807) is 0 Å². The van der Waals surface area contributed by atoms with Crippen molar-refractivity contribution in [2.75, 3.05) is 45.9 Å². The van der Waals surface area contributed by atoms with Gasteiger partial charge in [0.1, 0.15) is 5.82 Å². The molecule has 160 valence electrons. The molecule has 1 aliphatic carbocycles. The minimum absolute atomic E-state index is 0.0549. The number of morpholine rings is 1. The van der Waals surface area contributed by atoms with Gasteiger partial charge in [0.15, 0.2) is 0 Å². The lowest BCUT2D eigenvalue weighted by Gasteiger charge is -2.35. The quantitative estimate of drug-likeness (QED) is 0.793. The molecule has 4 rings (SSSR count). The normalized spacial score (nSPS) is 25.8. The minimum Gasteiger partial charge on any atom is -0.379 e. The molecule has 5 nitrogen and oxygen atoms in total. The third kappa shape index (κ3) is 5.36. The van der Waals surface area contributed by atoms with Gasteiger partial charge >= 0.3 is 0 Å². The lowest BCUT2D eigenvalue weighted by Crippen LogP contribution is -2.45. The molecule has 3 fully saturated rings. The Balaban J connectivity index is 1.34. The molecule has 0 aromatic heterocycles. The number of benzene rings is 1. The maximum atomic E-state index is 13.4. The fourth-order valence-electron chi connectivity index (χ4n) is 5.15. The lowest BCUT2D eigenvalue weighted by molar-refractivity contribution is -0.125. The molecule has 2 aliphatic heterocycles. The number of halogens is 1. The SMILES string of the molecule is O=C(NC[C@H](c1ccc(F)cc1)N1CCOCC1)[C@@H]1CCN(C2CCCCC2)C1. The molecule has 6 heteroatoms. The van der Waals surface area contributed by atoms with E-state index in [0.29, 0.717) is 25.8 Å². The topological polar surface area (TPSA) is 44.8 Å². The van der Waals surface area contributed by atoms with Crippen LogP contribution in [0.25, 0.3) is 0 Å². The highest BCUT2D eigenvalue weighted by Crippen LogP contribution is 2.28. The molecule has 1 amide bonds. The fraction of sp³-hybridized carbons (Fsp3) is 0.696. The zero-order valence-electron chi connectivity index (χ0n) is 17.3. The van der Waals surface area contributed by atoms with Gasteiger partial charge in [-0.2, -0.15) is 0 Å². The second-order valence-electron chi connectivity index (χ2n) is 8.73. The molecule has 1 N–H and O–H groups in total. The Kier molecular flexibility index (Phi) is 7.16. The van der Waals surface area contributed by atoms with Gasteiger partial charge in [0.2, 0.25) is 5.91 Å². The van der Waals surface area contributed by atoms with E-state index in [2.05, 4.69) is 15.1 Å². The monoisotopic (exact) mass is 403 g/mol. The third-order valence-electron chi connectivity index (χ3n) is 6.89. The van der Waals surface area contributed by atoms with Crippen molar-refractivity contribution in [3.8, 4) is 0 Å². The van der Waals surface area contributed by atoms with Crippen molar-refractivity contribution in [1.82, 2.24) is 15.1 Å². The third-order valence-corrected chi connectivity index (χ3v) is 6.89. The summed E-state index contributed by atoms with van der Waals surface area (Å²) in [6.07, 6.45) is 7.56. The van der Waals surface area contributed by atoms with Crippen LogP contribution in [0.15, 0.2) is 24.3 Å². The molecule has 3 aliphatic rings. The molecule has 0 radical (unpaired) electrons. The van der Waals surface area contributed by atoms with Crippen LogP contribution >= 0.6 is 0 Å². The van der Waals surface area contributed by atoms with Crippen LogP contribution in [0.2, 0.25) is 0 Å².